The Balaban J connectivity index is 2.10. The first-order valence-corrected chi connectivity index (χ1v) is 6.97. The smallest absolute Gasteiger partial charge is 0.262 e. The van der Waals surface area contributed by atoms with Crippen LogP contribution in [0.15, 0.2) is 24.3 Å². The minimum atomic E-state index is -0.245. The fourth-order valence-corrected chi connectivity index (χ4v) is 2.34. The number of carbonyl (C=O) groups is 2. The molecule has 2 rings (SSSR count). The molecule has 2 amide bonds. The molecule has 1 aliphatic heterocycles. The third-order valence-electron chi connectivity index (χ3n) is 3.46. The standard InChI is InChI=1S/C15H20N2O3/c1-2-3-8-16(9-10-18)11-17-14(19)12-6-4-5-7-13(12)15(17)20/h4-7,18H,2-3,8-11H2,1H3. The quantitative estimate of drug-likeness (QED) is 0.763. The van der Waals surface area contributed by atoms with Crippen molar-refractivity contribution in [1.82, 2.24) is 9.80 Å². The van der Waals surface area contributed by atoms with Gasteiger partial charge in [-0.3, -0.25) is 19.4 Å². The first-order chi connectivity index (χ1) is 9.69. The molecule has 0 bridgehead atoms. The molecule has 0 saturated heterocycles. The summed E-state index contributed by atoms with van der Waals surface area (Å²) < 4.78 is 0. The van der Waals surface area contributed by atoms with Crippen LogP contribution in [0.5, 0.6) is 0 Å². The highest BCUT2D eigenvalue weighted by atomic mass is 16.3. The molecule has 0 saturated carbocycles. The maximum atomic E-state index is 12.2. The van der Waals surface area contributed by atoms with Gasteiger partial charge in [0, 0.05) is 6.54 Å². The van der Waals surface area contributed by atoms with E-state index in [1.165, 1.54) is 4.90 Å². The summed E-state index contributed by atoms with van der Waals surface area (Å²) in [6.45, 7) is 3.58. The number of rotatable bonds is 7. The number of nitrogens with zero attached hydrogens (tertiary/aromatic N) is 2. The second-order valence-electron chi connectivity index (χ2n) is 4.92. The number of fused-ring (bicyclic) bond motifs is 1. The molecule has 1 aromatic rings. The van der Waals surface area contributed by atoms with Crippen molar-refractivity contribution >= 4 is 11.8 Å². The Morgan fingerprint density at radius 2 is 1.70 bits per heavy atom. The van der Waals surface area contributed by atoms with Gasteiger partial charge >= 0.3 is 0 Å². The summed E-state index contributed by atoms with van der Waals surface area (Å²) in [5, 5.41) is 9.09. The molecule has 1 N–H and O–H groups in total. The summed E-state index contributed by atoms with van der Waals surface area (Å²) in [5.41, 5.74) is 0.939. The SMILES string of the molecule is CCCCN(CCO)CN1C(=O)c2ccccc2C1=O. The van der Waals surface area contributed by atoms with Crippen LogP contribution in [0.4, 0.5) is 0 Å². The minimum Gasteiger partial charge on any atom is -0.395 e. The third kappa shape index (κ3) is 2.89. The van der Waals surface area contributed by atoms with Gasteiger partial charge in [-0.05, 0) is 25.1 Å². The second-order valence-corrected chi connectivity index (χ2v) is 4.92. The van der Waals surface area contributed by atoms with Gasteiger partial charge in [-0.15, -0.1) is 0 Å². The zero-order valence-electron chi connectivity index (χ0n) is 11.7. The number of aliphatic hydroxyl groups excluding tert-OH is 1. The van der Waals surface area contributed by atoms with Crippen LogP contribution in [0.3, 0.4) is 0 Å². The molecule has 1 aliphatic rings. The van der Waals surface area contributed by atoms with Gasteiger partial charge in [-0.2, -0.15) is 0 Å². The van der Waals surface area contributed by atoms with Crippen molar-refractivity contribution in [2.75, 3.05) is 26.4 Å². The predicted octanol–water partition coefficient (Wildman–Crippen LogP) is 1.33. The minimum absolute atomic E-state index is 0.0207. The molecule has 0 radical (unpaired) electrons. The van der Waals surface area contributed by atoms with Crippen molar-refractivity contribution in [3.8, 4) is 0 Å². The van der Waals surface area contributed by atoms with Crippen molar-refractivity contribution in [3.63, 3.8) is 0 Å². The number of carbonyl (C=O) groups excluding carboxylic acids is 2. The van der Waals surface area contributed by atoms with Gasteiger partial charge < -0.3 is 5.11 Å². The van der Waals surface area contributed by atoms with Crippen molar-refractivity contribution in [2.24, 2.45) is 0 Å². The summed E-state index contributed by atoms with van der Waals surface area (Å²) in [7, 11) is 0. The van der Waals surface area contributed by atoms with E-state index in [0.717, 1.165) is 19.4 Å². The number of aliphatic hydroxyl groups is 1. The summed E-state index contributed by atoms with van der Waals surface area (Å²) in [4.78, 5) is 27.7. The largest absolute Gasteiger partial charge is 0.395 e. The van der Waals surface area contributed by atoms with Gasteiger partial charge in [-0.1, -0.05) is 25.5 Å². The molecular weight excluding hydrogens is 256 g/mol. The molecule has 5 heteroatoms. The summed E-state index contributed by atoms with van der Waals surface area (Å²) >= 11 is 0. The number of benzene rings is 1. The highest BCUT2D eigenvalue weighted by Gasteiger charge is 2.35. The topological polar surface area (TPSA) is 60.9 Å². The van der Waals surface area contributed by atoms with Crippen molar-refractivity contribution < 1.29 is 14.7 Å². The van der Waals surface area contributed by atoms with E-state index in [2.05, 4.69) is 6.92 Å². The summed E-state index contributed by atoms with van der Waals surface area (Å²) in [6, 6.07) is 6.88. The van der Waals surface area contributed by atoms with Crippen LogP contribution in [0.1, 0.15) is 40.5 Å². The molecule has 0 atom stereocenters. The van der Waals surface area contributed by atoms with Crippen LogP contribution in [0, 0.1) is 0 Å². The molecule has 108 valence electrons. The Morgan fingerprint density at radius 1 is 1.10 bits per heavy atom. The van der Waals surface area contributed by atoms with Crippen molar-refractivity contribution in [3.05, 3.63) is 35.4 Å². The first kappa shape index (κ1) is 14.7. The van der Waals surface area contributed by atoms with Crippen LogP contribution >= 0.6 is 0 Å². The monoisotopic (exact) mass is 276 g/mol. The Hall–Kier alpha value is -1.72. The Bertz CT molecular complexity index is 467. The van der Waals surface area contributed by atoms with Gasteiger partial charge in [0.25, 0.3) is 11.8 Å². The molecule has 0 fully saturated rings. The normalized spacial score (nSPS) is 14.2. The maximum Gasteiger partial charge on any atom is 0.262 e. The van der Waals surface area contributed by atoms with E-state index >= 15 is 0 Å². The van der Waals surface area contributed by atoms with E-state index in [9.17, 15) is 9.59 Å². The zero-order chi connectivity index (χ0) is 14.5. The van der Waals surface area contributed by atoms with Crippen LogP contribution in [-0.4, -0.2) is 53.1 Å². The van der Waals surface area contributed by atoms with Crippen LogP contribution in [0.25, 0.3) is 0 Å². The molecule has 0 spiro atoms. The fourth-order valence-electron chi connectivity index (χ4n) is 2.34. The van der Waals surface area contributed by atoms with Gasteiger partial charge in [0.1, 0.15) is 0 Å². The number of imide groups is 1. The lowest BCUT2D eigenvalue weighted by Crippen LogP contribution is -2.42. The summed E-state index contributed by atoms with van der Waals surface area (Å²) in [6.07, 6.45) is 2.01. The highest BCUT2D eigenvalue weighted by Crippen LogP contribution is 2.22. The van der Waals surface area contributed by atoms with Crippen LogP contribution in [0.2, 0.25) is 0 Å². The second kappa shape index (κ2) is 6.63. The Labute approximate surface area is 118 Å². The molecule has 20 heavy (non-hydrogen) atoms. The zero-order valence-corrected chi connectivity index (χ0v) is 11.7. The first-order valence-electron chi connectivity index (χ1n) is 6.97. The third-order valence-corrected chi connectivity index (χ3v) is 3.46. The fraction of sp³-hybridized carbons (Fsp3) is 0.467. The van der Waals surface area contributed by atoms with Gasteiger partial charge in [0.05, 0.1) is 24.4 Å². The van der Waals surface area contributed by atoms with E-state index < -0.39 is 0 Å². The number of hydrogen-bond acceptors (Lipinski definition) is 4. The Kier molecular flexibility index (Phi) is 4.87. The number of unbranched alkanes of at least 4 members (excludes halogenated alkanes) is 1. The molecule has 1 heterocycles. The Morgan fingerprint density at radius 3 is 2.20 bits per heavy atom. The van der Waals surface area contributed by atoms with Crippen LogP contribution in [-0.2, 0) is 0 Å². The van der Waals surface area contributed by atoms with E-state index in [4.69, 9.17) is 5.11 Å². The van der Waals surface area contributed by atoms with Gasteiger partial charge in [-0.25, -0.2) is 0 Å². The van der Waals surface area contributed by atoms with E-state index in [-0.39, 0.29) is 25.1 Å². The molecule has 5 nitrogen and oxygen atoms in total. The number of hydrogen-bond donors (Lipinski definition) is 1. The van der Waals surface area contributed by atoms with E-state index in [1.807, 2.05) is 4.90 Å². The molecule has 0 unspecified atom stereocenters. The lowest BCUT2D eigenvalue weighted by Gasteiger charge is -2.25. The van der Waals surface area contributed by atoms with Crippen molar-refractivity contribution in [1.29, 1.82) is 0 Å². The summed E-state index contributed by atoms with van der Waals surface area (Å²) in [5.74, 6) is -0.491. The van der Waals surface area contributed by atoms with Gasteiger partial charge in [0.2, 0.25) is 0 Å². The molecule has 0 aromatic heterocycles. The van der Waals surface area contributed by atoms with Crippen LogP contribution < -0.4 is 0 Å². The van der Waals surface area contributed by atoms with Crippen molar-refractivity contribution in [2.45, 2.75) is 19.8 Å². The van der Waals surface area contributed by atoms with Gasteiger partial charge in [0.15, 0.2) is 0 Å². The highest BCUT2D eigenvalue weighted by molar-refractivity contribution is 6.21. The molecule has 1 aromatic carbocycles. The molecular formula is C15H20N2O3. The lowest BCUT2D eigenvalue weighted by atomic mass is 10.1. The average Bonchev–Trinajstić information content (AvgIpc) is 2.70. The molecule has 0 aliphatic carbocycles. The van der Waals surface area contributed by atoms with E-state index in [1.54, 1.807) is 24.3 Å². The van der Waals surface area contributed by atoms with E-state index in [0.29, 0.717) is 17.7 Å². The predicted molar refractivity (Wildman–Crippen MR) is 75.4 cm³/mol. The number of amides is 2. The lowest BCUT2D eigenvalue weighted by molar-refractivity contribution is 0.0517. The average molecular weight is 276 g/mol. The maximum absolute atomic E-state index is 12.2.